The van der Waals surface area contributed by atoms with Crippen LogP contribution in [0.25, 0.3) is 0 Å². The van der Waals surface area contributed by atoms with E-state index < -0.39 is 9.23 Å². The number of hydrogen-bond acceptors (Lipinski definition) is 2. The number of aliphatic hydroxyl groups excluding tert-OH is 1. The van der Waals surface area contributed by atoms with Gasteiger partial charge in [0.05, 0.1) is 11.5 Å². The zero-order chi connectivity index (χ0) is 19.7. The molecule has 0 saturated heterocycles. The Kier molecular flexibility index (Phi) is 16.8. The second-order valence-corrected chi connectivity index (χ2v) is 7.48. The quantitative estimate of drug-likeness (QED) is 0.435. The van der Waals surface area contributed by atoms with E-state index in [1.54, 1.807) is 13.8 Å². The van der Waals surface area contributed by atoms with Crippen molar-refractivity contribution in [2.24, 2.45) is 0 Å². The topological polar surface area (TPSA) is 37.3 Å². The van der Waals surface area contributed by atoms with Gasteiger partial charge in [-0.1, -0.05) is 74.5 Å². The molecule has 0 saturated carbocycles. The van der Waals surface area contributed by atoms with E-state index in [1.165, 1.54) is 5.56 Å². The maximum atomic E-state index is 9.09. The molecule has 0 unspecified atom stereocenters. The fourth-order valence-electron chi connectivity index (χ4n) is 1.45. The van der Waals surface area contributed by atoms with Crippen LogP contribution in [0.5, 0.6) is 0 Å². The van der Waals surface area contributed by atoms with Crippen LogP contribution in [0.1, 0.15) is 51.6 Å². The molecule has 0 heterocycles. The zero-order valence-electron chi connectivity index (χ0n) is 15.0. The summed E-state index contributed by atoms with van der Waals surface area (Å²) in [6.07, 6.45) is -0.341. The molecule has 2 rings (SSSR count). The van der Waals surface area contributed by atoms with Gasteiger partial charge in [-0.3, -0.25) is 0 Å². The monoisotopic (exact) mass is 411 g/mol. The molecular weight excluding hydrogens is 387 g/mol. The third-order valence-electron chi connectivity index (χ3n) is 2.54. The van der Waals surface area contributed by atoms with Crippen molar-refractivity contribution in [3.63, 3.8) is 0 Å². The molecule has 2 atom stereocenters. The van der Waals surface area contributed by atoms with Gasteiger partial charge in [0, 0.05) is 22.7 Å². The Morgan fingerprint density at radius 1 is 0.958 bits per heavy atom. The van der Waals surface area contributed by atoms with Gasteiger partial charge >= 0.3 is 0 Å². The van der Waals surface area contributed by atoms with E-state index in [0.717, 1.165) is 5.56 Å². The molecular formula is C18H25Cl3O2S. The van der Waals surface area contributed by atoms with Crippen LogP contribution in [0.3, 0.4) is 0 Å². The lowest BCUT2D eigenvalue weighted by atomic mass is 10.1. The van der Waals surface area contributed by atoms with Crippen molar-refractivity contribution in [1.29, 1.82) is 0 Å². The molecule has 1 N–H and O–H groups in total. The van der Waals surface area contributed by atoms with Crippen LogP contribution in [0, 0.1) is 0 Å². The molecule has 0 radical (unpaired) electrons. The summed E-state index contributed by atoms with van der Waals surface area (Å²) >= 11 is 5.80. The summed E-state index contributed by atoms with van der Waals surface area (Å²) in [4.78, 5) is 0. The maximum absolute atomic E-state index is 9.09. The molecule has 6 heteroatoms. The molecule has 2 nitrogen and oxygen atoms in total. The van der Waals surface area contributed by atoms with Gasteiger partial charge in [-0.25, -0.2) is 4.21 Å². The van der Waals surface area contributed by atoms with Crippen molar-refractivity contribution < 1.29 is 10.7 Å². The van der Waals surface area contributed by atoms with Crippen LogP contribution in [-0.4, -0.2) is 9.32 Å². The minimum atomic E-state index is -1.67. The molecule has 0 aliphatic carbocycles. The molecule has 0 bridgehead atoms. The van der Waals surface area contributed by atoms with Crippen molar-refractivity contribution in [3.8, 4) is 0 Å². The van der Waals surface area contributed by atoms with E-state index in [-0.39, 0.29) is 11.5 Å². The highest BCUT2D eigenvalue weighted by Crippen LogP contribution is 2.17. The number of halogens is 3. The van der Waals surface area contributed by atoms with E-state index in [4.69, 9.17) is 22.3 Å². The second kappa shape index (κ2) is 17.2. The molecule has 2 aromatic carbocycles. The summed E-state index contributed by atoms with van der Waals surface area (Å²) in [7, 11) is 7.36. The molecule has 0 aliphatic heterocycles. The summed E-state index contributed by atoms with van der Waals surface area (Å²) in [5.41, 5.74) is 2.15. The normalized spacial score (nSPS) is 12.1. The lowest BCUT2D eigenvalue weighted by Gasteiger charge is -2.00. The molecule has 136 valence electrons. The van der Waals surface area contributed by atoms with Gasteiger partial charge < -0.3 is 5.11 Å². The number of alkyl halides is 1. The Balaban J connectivity index is 0. The number of rotatable bonds is 2. The number of aliphatic hydroxyl groups is 1. The van der Waals surface area contributed by atoms with Crippen LogP contribution >= 0.6 is 33.0 Å². The van der Waals surface area contributed by atoms with Crippen molar-refractivity contribution >= 4 is 42.2 Å². The van der Waals surface area contributed by atoms with Crippen molar-refractivity contribution in [3.05, 3.63) is 71.8 Å². The average molecular weight is 413 g/mol. The Morgan fingerprint density at radius 2 is 1.25 bits per heavy atom. The lowest BCUT2D eigenvalue weighted by molar-refractivity contribution is 0.199. The van der Waals surface area contributed by atoms with Crippen LogP contribution in [0.15, 0.2) is 60.7 Å². The third-order valence-corrected chi connectivity index (χ3v) is 2.79. The molecule has 0 fully saturated rings. The van der Waals surface area contributed by atoms with Crippen molar-refractivity contribution in [1.82, 2.24) is 0 Å². The van der Waals surface area contributed by atoms with Crippen LogP contribution in [0.2, 0.25) is 0 Å². The molecule has 0 aliphatic rings. The van der Waals surface area contributed by atoms with Gasteiger partial charge in [0.25, 0.3) is 0 Å². The van der Waals surface area contributed by atoms with E-state index in [9.17, 15) is 0 Å². The largest absolute Gasteiger partial charge is 0.389 e. The van der Waals surface area contributed by atoms with Crippen LogP contribution < -0.4 is 0 Å². The summed E-state index contributed by atoms with van der Waals surface area (Å²) < 4.78 is 15.3. The highest BCUT2D eigenvalue weighted by atomic mass is 36.0. The zero-order valence-corrected chi connectivity index (χ0v) is 17.1. The van der Waals surface area contributed by atoms with Gasteiger partial charge in [0.2, 0.25) is 9.23 Å². The van der Waals surface area contributed by atoms with Gasteiger partial charge in [0.1, 0.15) is 0 Å². The SMILES string of the molecule is C[C@@H](O)c1ccccc1.C[C@H](Cl)c1ccccc1.O=S(Cl)Cl.[2H]CC. The highest BCUT2D eigenvalue weighted by molar-refractivity contribution is 8.26. The first-order valence-electron chi connectivity index (χ1n) is 7.92. The van der Waals surface area contributed by atoms with E-state index in [1.807, 2.05) is 67.6 Å². The number of hydrogen-bond donors (Lipinski definition) is 1. The lowest BCUT2D eigenvalue weighted by Crippen LogP contribution is -1.87. The minimum Gasteiger partial charge on any atom is -0.389 e. The van der Waals surface area contributed by atoms with Crippen molar-refractivity contribution in [2.45, 2.75) is 39.2 Å². The Labute approximate surface area is 163 Å². The molecule has 2 aromatic rings. The van der Waals surface area contributed by atoms with Gasteiger partial charge in [-0.2, -0.15) is 0 Å². The van der Waals surface area contributed by atoms with Crippen molar-refractivity contribution in [2.75, 3.05) is 0 Å². The first-order chi connectivity index (χ1) is 11.8. The maximum Gasteiger partial charge on any atom is 0.211 e. The smallest absolute Gasteiger partial charge is 0.211 e. The molecule has 0 amide bonds. The summed E-state index contributed by atoms with van der Waals surface area (Å²) in [6, 6.07) is 19.6. The first-order valence-corrected chi connectivity index (χ1v) is 10.5. The van der Waals surface area contributed by atoms with Crippen LogP contribution in [-0.2, 0) is 9.23 Å². The predicted octanol–water partition coefficient (Wildman–Crippen LogP) is 6.80. The summed E-state index contributed by atoms with van der Waals surface area (Å²) in [6.45, 7) is 6.02. The Hall–Kier alpha value is -0.580. The minimum absolute atomic E-state index is 0.131. The highest BCUT2D eigenvalue weighted by Gasteiger charge is 1.96. The second-order valence-electron chi connectivity index (χ2n) is 4.30. The fraction of sp³-hybridized carbons (Fsp3) is 0.333. The Bertz CT molecular complexity index is 493. The predicted molar refractivity (Wildman–Crippen MR) is 109 cm³/mol. The summed E-state index contributed by atoms with van der Waals surface area (Å²) in [5, 5.41) is 9.15. The van der Waals surface area contributed by atoms with Gasteiger partial charge in [-0.15, -0.1) is 11.6 Å². The van der Waals surface area contributed by atoms with E-state index >= 15 is 0 Å². The van der Waals surface area contributed by atoms with Gasteiger partial charge in [-0.05, 0) is 25.0 Å². The van der Waals surface area contributed by atoms with E-state index in [2.05, 4.69) is 21.4 Å². The number of benzene rings is 2. The Morgan fingerprint density at radius 3 is 1.42 bits per heavy atom. The standard InChI is InChI=1S/C8H9Cl.C8H10O.C2H6.Cl2OS/c2*1-7(9)8-5-3-2-4-6-8;1-2;1-4(2)3/h2-7H,1H3;2-7,9H,1H3;1-2H3;/t2*7-;;/m01../s1/i;;1D;. The fourth-order valence-corrected chi connectivity index (χ4v) is 1.60. The molecule has 24 heavy (non-hydrogen) atoms. The van der Waals surface area contributed by atoms with Gasteiger partial charge in [0.15, 0.2) is 0 Å². The average Bonchev–Trinajstić information content (AvgIpc) is 2.57. The molecule has 0 spiro atoms. The third kappa shape index (κ3) is 16.3. The summed E-state index contributed by atoms with van der Waals surface area (Å²) in [5.74, 6) is 0. The first kappa shape index (κ1) is 23.4. The van der Waals surface area contributed by atoms with Crippen LogP contribution in [0.4, 0.5) is 0 Å². The van der Waals surface area contributed by atoms with E-state index in [0.29, 0.717) is 6.90 Å². The molecule has 0 aromatic heterocycles.